The minimum absolute atomic E-state index is 0.0604. The molecule has 2 aliphatic carbocycles. The number of hydrogen-bond acceptors (Lipinski definition) is 4. The maximum absolute atomic E-state index is 12.1. The largest absolute Gasteiger partial charge is 0.460 e. The van der Waals surface area contributed by atoms with Crippen molar-refractivity contribution in [3.63, 3.8) is 0 Å². The minimum Gasteiger partial charge on any atom is -0.460 e. The van der Waals surface area contributed by atoms with Gasteiger partial charge in [0, 0.05) is 17.1 Å². The van der Waals surface area contributed by atoms with Crippen molar-refractivity contribution in [1.82, 2.24) is 0 Å². The van der Waals surface area contributed by atoms with Gasteiger partial charge in [0.15, 0.2) is 0 Å². The normalized spacial score (nSPS) is 30.5. The summed E-state index contributed by atoms with van der Waals surface area (Å²) in [5.74, 6) is -0.579. The van der Waals surface area contributed by atoms with Crippen molar-refractivity contribution < 1.29 is 19.1 Å². The van der Waals surface area contributed by atoms with Crippen LogP contribution in [0.15, 0.2) is 11.1 Å². The molecule has 0 aromatic rings. The topological polar surface area (TPSA) is 60.4 Å². The van der Waals surface area contributed by atoms with Crippen LogP contribution in [0.1, 0.15) is 33.6 Å². The summed E-state index contributed by atoms with van der Waals surface area (Å²) in [5, 5.41) is 0. The first kappa shape index (κ1) is 13.0. The maximum Gasteiger partial charge on any atom is 0.310 e. The number of esters is 1. The van der Waals surface area contributed by atoms with Gasteiger partial charge in [-0.25, -0.2) is 0 Å². The monoisotopic (exact) mass is 250 g/mol. The predicted octanol–water partition coefficient (Wildman–Crippen LogP) is 1.68. The number of aldehydes is 2. The summed E-state index contributed by atoms with van der Waals surface area (Å²) in [6.45, 7) is 5.47. The standard InChI is InChI=1S/C14H18O4/c1-14(2,3)18-13(17)10-5-8-4-9(10)12(7-16)11(8)6-15/h6-10H,4-5H2,1-3H3. The summed E-state index contributed by atoms with van der Waals surface area (Å²) in [6, 6.07) is 0. The van der Waals surface area contributed by atoms with Crippen LogP contribution in [-0.4, -0.2) is 24.1 Å². The first-order valence-electron chi connectivity index (χ1n) is 6.24. The van der Waals surface area contributed by atoms with Crippen LogP contribution < -0.4 is 0 Å². The molecule has 1 fully saturated rings. The molecule has 0 spiro atoms. The molecule has 0 heterocycles. The second kappa shape index (κ2) is 4.34. The lowest BCUT2D eigenvalue weighted by Crippen LogP contribution is -2.32. The number of ether oxygens (including phenoxy) is 1. The predicted molar refractivity (Wildman–Crippen MR) is 64.7 cm³/mol. The Kier molecular flexibility index (Phi) is 3.13. The van der Waals surface area contributed by atoms with Gasteiger partial charge in [-0.15, -0.1) is 0 Å². The Morgan fingerprint density at radius 1 is 1.17 bits per heavy atom. The van der Waals surface area contributed by atoms with E-state index in [1.807, 2.05) is 20.8 Å². The molecule has 4 heteroatoms. The highest BCUT2D eigenvalue weighted by molar-refractivity contribution is 5.91. The van der Waals surface area contributed by atoms with Crippen molar-refractivity contribution in [3.8, 4) is 0 Å². The smallest absolute Gasteiger partial charge is 0.310 e. The number of carbonyl (C=O) groups is 3. The van der Waals surface area contributed by atoms with Crippen LogP contribution >= 0.6 is 0 Å². The van der Waals surface area contributed by atoms with Gasteiger partial charge < -0.3 is 4.74 Å². The third-order valence-electron chi connectivity index (χ3n) is 3.70. The third-order valence-corrected chi connectivity index (χ3v) is 3.70. The summed E-state index contributed by atoms with van der Waals surface area (Å²) < 4.78 is 5.37. The van der Waals surface area contributed by atoms with E-state index in [2.05, 4.69) is 0 Å². The van der Waals surface area contributed by atoms with Crippen molar-refractivity contribution in [2.45, 2.75) is 39.2 Å². The Bertz CT molecular complexity index is 428. The Morgan fingerprint density at radius 3 is 2.28 bits per heavy atom. The number of fused-ring (bicyclic) bond motifs is 2. The lowest BCUT2D eigenvalue weighted by molar-refractivity contribution is -0.161. The molecule has 0 aromatic carbocycles. The molecule has 0 radical (unpaired) electrons. The Hall–Kier alpha value is -1.45. The van der Waals surface area contributed by atoms with Gasteiger partial charge in [-0.3, -0.25) is 14.4 Å². The molecule has 98 valence electrons. The number of hydrogen-bond donors (Lipinski definition) is 0. The van der Waals surface area contributed by atoms with Crippen molar-refractivity contribution in [2.75, 3.05) is 0 Å². The summed E-state index contributed by atoms with van der Waals surface area (Å²) in [4.78, 5) is 34.0. The fraction of sp³-hybridized carbons (Fsp3) is 0.643. The number of carbonyl (C=O) groups excluding carboxylic acids is 3. The molecule has 1 saturated carbocycles. The average Bonchev–Trinajstić information content (AvgIpc) is 2.82. The van der Waals surface area contributed by atoms with E-state index >= 15 is 0 Å². The second-order valence-corrected chi connectivity index (χ2v) is 6.06. The van der Waals surface area contributed by atoms with Gasteiger partial charge in [0.1, 0.15) is 18.2 Å². The summed E-state index contributed by atoms with van der Waals surface area (Å²) in [7, 11) is 0. The van der Waals surface area contributed by atoms with Gasteiger partial charge in [0.05, 0.1) is 5.92 Å². The highest BCUT2D eigenvalue weighted by Gasteiger charge is 2.49. The van der Waals surface area contributed by atoms with Crippen molar-refractivity contribution in [3.05, 3.63) is 11.1 Å². The zero-order valence-electron chi connectivity index (χ0n) is 10.9. The minimum atomic E-state index is -0.516. The van der Waals surface area contributed by atoms with Gasteiger partial charge >= 0.3 is 5.97 Å². The molecule has 0 N–H and O–H groups in total. The van der Waals surface area contributed by atoms with Crippen molar-refractivity contribution >= 4 is 18.5 Å². The van der Waals surface area contributed by atoms with Crippen LogP contribution in [0.5, 0.6) is 0 Å². The van der Waals surface area contributed by atoms with Crippen LogP contribution in [0.4, 0.5) is 0 Å². The van der Waals surface area contributed by atoms with Crippen molar-refractivity contribution in [1.29, 1.82) is 0 Å². The first-order chi connectivity index (χ1) is 8.37. The molecule has 3 atom stereocenters. The summed E-state index contributed by atoms with van der Waals surface area (Å²) >= 11 is 0. The molecule has 0 amide bonds. The fourth-order valence-electron chi connectivity index (χ4n) is 3.04. The average molecular weight is 250 g/mol. The van der Waals surface area contributed by atoms with Crippen LogP contribution in [0.3, 0.4) is 0 Å². The molecule has 0 aliphatic heterocycles. The lowest BCUT2D eigenvalue weighted by Gasteiger charge is -2.26. The SMILES string of the molecule is CC(C)(C)OC(=O)C1CC2CC1C(C=O)=C2C=O. The molecule has 2 rings (SSSR count). The summed E-state index contributed by atoms with van der Waals surface area (Å²) in [5.41, 5.74) is 0.587. The van der Waals surface area contributed by atoms with Crippen LogP contribution in [0, 0.1) is 17.8 Å². The van der Waals surface area contributed by atoms with Gasteiger partial charge in [-0.05, 0) is 39.5 Å². The molecule has 4 nitrogen and oxygen atoms in total. The fourth-order valence-corrected chi connectivity index (χ4v) is 3.04. The van der Waals surface area contributed by atoms with Crippen LogP contribution in [0.25, 0.3) is 0 Å². The van der Waals surface area contributed by atoms with E-state index in [0.29, 0.717) is 17.6 Å². The number of rotatable bonds is 3. The molecule has 0 aromatic heterocycles. The third kappa shape index (κ3) is 2.11. The first-order valence-corrected chi connectivity index (χ1v) is 6.24. The number of allylic oxidation sites excluding steroid dienone is 2. The Morgan fingerprint density at radius 2 is 1.78 bits per heavy atom. The van der Waals surface area contributed by atoms with Gasteiger partial charge in [0.2, 0.25) is 0 Å². The Labute approximate surface area is 106 Å². The highest BCUT2D eigenvalue weighted by Crippen LogP contribution is 2.51. The summed E-state index contributed by atoms with van der Waals surface area (Å²) in [6.07, 6.45) is 2.85. The van der Waals surface area contributed by atoms with Crippen LogP contribution in [0.2, 0.25) is 0 Å². The molecular formula is C14H18O4. The van der Waals surface area contributed by atoms with E-state index in [0.717, 1.165) is 19.0 Å². The second-order valence-electron chi connectivity index (χ2n) is 6.06. The van der Waals surface area contributed by atoms with Gasteiger partial charge in [0.25, 0.3) is 0 Å². The quantitative estimate of drug-likeness (QED) is 0.565. The molecule has 2 aliphatic rings. The molecule has 3 unspecified atom stereocenters. The van der Waals surface area contributed by atoms with Gasteiger partial charge in [-0.2, -0.15) is 0 Å². The van der Waals surface area contributed by atoms with E-state index in [1.54, 1.807) is 0 Å². The molecular weight excluding hydrogens is 232 g/mol. The van der Waals surface area contributed by atoms with E-state index in [9.17, 15) is 14.4 Å². The zero-order chi connectivity index (χ0) is 13.5. The maximum atomic E-state index is 12.1. The van der Waals surface area contributed by atoms with E-state index in [1.165, 1.54) is 0 Å². The van der Waals surface area contributed by atoms with E-state index in [4.69, 9.17) is 4.74 Å². The highest BCUT2D eigenvalue weighted by atomic mass is 16.6. The van der Waals surface area contributed by atoms with Crippen molar-refractivity contribution in [2.24, 2.45) is 17.8 Å². The van der Waals surface area contributed by atoms with E-state index in [-0.39, 0.29) is 23.7 Å². The van der Waals surface area contributed by atoms with Gasteiger partial charge in [-0.1, -0.05) is 0 Å². The molecule has 0 saturated heterocycles. The Balaban J connectivity index is 2.17. The molecule has 2 bridgehead atoms. The van der Waals surface area contributed by atoms with E-state index < -0.39 is 5.60 Å². The lowest BCUT2D eigenvalue weighted by atomic mass is 9.84. The van der Waals surface area contributed by atoms with Crippen LogP contribution in [-0.2, 0) is 19.1 Å². The zero-order valence-corrected chi connectivity index (χ0v) is 10.9. The molecule has 18 heavy (non-hydrogen) atoms.